The summed E-state index contributed by atoms with van der Waals surface area (Å²) in [5, 5.41) is 9.27. The average Bonchev–Trinajstić information content (AvgIpc) is 2.59. The first kappa shape index (κ1) is 8.53. The van der Waals surface area contributed by atoms with Gasteiger partial charge in [0.25, 0.3) is 0 Å². The van der Waals surface area contributed by atoms with Crippen molar-refractivity contribution in [2.24, 2.45) is 4.99 Å². The van der Waals surface area contributed by atoms with Gasteiger partial charge in [0.05, 0.1) is 11.0 Å². The third-order valence-electron chi connectivity index (χ3n) is 3.74. The molecule has 1 atom stereocenters. The highest BCUT2D eigenvalue weighted by atomic mass is 14.9. The second-order valence-corrected chi connectivity index (χ2v) is 4.68. The first-order valence-corrected chi connectivity index (χ1v) is 5.78. The number of nitrogens with one attached hydrogen (secondary N) is 2. The van der Waals surface area contributed by atoms with Crippen LogP contribution in [-0.4, -0.2) is 13.1 Å². The van der Waals surface area contributed by atoms with Gasteiger partial charge in [-0.1, -0.05) is 0 Å². The minimum Gasteiger partial charge on any atom is -0.358 e. The van der Waals surface area contributed by atoms with Gasteiger partial charge in [-0.25, -0.2) is 0 Å². The van der Waals surface area contributed by atoms with Gasteiger partial charge in [-0.15, -0.1) is 0 Å². The van der Waals surface area contributed by atoms with Crippen molar-refractivity contribution in [2.45, 2.75) is 12.3 Å². The normalized spacial score (nSPS) is 24.5. The van der Waals surface area contributed by atoms with Crippen molar-refractivity contribution in [2.75, 3.05) is 18.4 Å². The highest BCUT2D eigenvalue weighted by molar-refractivity contribution is 5.62. The van der Waals surface area contributed by atoms with E-state index in [9.17, 15) is 0 Å². The molecule has 1 aromatic carbocycles. The van der Waals surface area contributed by atoms with Gasteiger partial charge in [0.1, 0.15) is 0 Å². The Kier molecular flexibility index (Phi) is 1.57. The summed E-state index contributed by atoms with van der Waals surface area (Å²) in [4.78, 5) is 4.41. The smallest absolute Gasteiger partial charge is 0.0868 e. The average molecular weight is 211 g/mol. The van der Waals surface area contributed by atoms with E-state index >= 15 is 0 Å². The Morgan fingerprint density at radius 3 is 3.31 bits per heavy atom. The molecular weight excluding hydrogens is 198 g/mol. The third kappa shape index (κ3) is 1.04. The standard InChI is InChI=1S/C13H13N3/c1-2-16-13-5-11-9-3-8(6-14-7-9)10(11)4-12(13)15-1/h1-2,4-5,8,14,16H,3,6-7H2. The Bertz CT molecular complexity index is 613. The number of rotatable bonds is 0. The number of hydrogen-bond donors (Lipinski definition) is 2. The van der Waals surface area contributed by atoms with Crippen LogP contribution in [-0.2, 0) is 0 Å². The topological polar surface area (TPSA) is 36.4 Å². The molecule has 3 aliphatic rings. The SMILES string of the molecule is C1=CNc2cc3c(cc2=N1)C1CNCC=3C1. The van der Waals surface area contributed by atoms with Gasteiger partial charge >= 0.3 is 0 Å². The van der Waals surface area contributed by atoms with E-state index < -0.39 is 0 Å². The van der Waals surface area contributed by atoms with Crippen LogP contribution in [0, 0.1) is 0 Å². The molecule has 2 aliphatic heterocycles. The number of benzene rings is 1. The van der Waals surface area contributed by atoms with Crippen molar-refractivity contribution in [3.8, 4) is 0 Å². The first-order valence-electron chi connectivity index (χ1n) is 5.78. The summed E-state index contributed by atoms with van der Waals surface area (Å²) in [6, 6.07) is 4.52. The largest absolute Gasteiger partial charge is 0.358 e. The lowest BCUT2D eigenvalue weighted by atomic mass is 9.97. The van der Waals surface area contributed by atoms with Gasteiger partial charge in [-0.3, -0.25) is 4.99 Å². The lowest BCUT2D eigenvalue weighted by molar-refractivity contribution is 0.592. The number of fused-ring (bicyclic) bond motifs is 5. The van der Waals surface area contributed by atoms with Gasteiger partial charge in [0.15, 0.2) is 0 Å². The van der Waals surface area contributed by atoms with Crippen LogP contribution in [0.2, 0.25) is 0 Å². The zero-order valence-electron chi connectivity index (χ0n) is 8.96. The van der Waals surface area contributed by atoms with E-state index in [-0.39, 0.29) is 0 Å². The molecule has 1 fully saturated rings. The number of hydrogen-bond acceptors (Lipinski definition) is 3. The molecule has 0 radical (unpaired) electrons. The molecule has 1 unspecified atom stereocenters. The number of nitrogens with zero attached hydrogens (tertiary/aromatic N) is 1. The molecule has 80 valence electrons. The van der Waals surface area contributed by atoms with Crippen molar-refractivity contribution in [3.05, 3.63) is 40.7 Å². The predicted octanol–water partition coefficient (Wildman–Crippen LogP) is 0.444. The summed E-state index contributed by atoms with van der Waals surface area (Å²) in [5.74, 6) is 0.671. The fraction of sp³-hybridized carbons (Fsp3) is 0.308. The van der Waals surface area contributed by atoms with Crippen LogP contribution in [0.5, 0.6) is 0 Å². The predicted molar refractivity (Wildman–Crippen MR) is 63.6 cm³/mol. The van der Waals surface area contributed by atoms with Crippen molar-refractivity contribution >= 4 is 11.3 Å². The van der Waals surface area contributed by atoms with E-state index in [0.29, 0.717) is 5.92 Å². The van der Waals surface area contributed by atoms with E-state index in [1.165, 1.54) is 17.2 Å². The summed E-state index contributed by atoms with van der Waals surface area (Å²) >= 11 is 0. The van der Waals surface area contributed by atoms with Gasteiger partial charge in [-0.2, -0.15) is 0 Å². The minimum absolute atomic E-state index is 0.671. The van der Waals surface area contributed by atoms with Crippen molar-refractivity contribution < 1.29 is 0 Å². The molecule has 1 aromatic rings. The van der Waals surface area contributed by atoms with Crippen molar-refractivity contribution in [1.82, 2.24) is 5.32 Å². The van der Waals surface area contributed by atoms with Gasteiger partial charge in [0, 0.05) is 31.4 Å². The van der Waals surface area contributed by atoms with E-state index in [4.69, 9.17) is 0 Å². The maximum absolute atomic E-state index is 4.41. The van der Waals surface area contributed by atoms with Crippen LogP contribution in [0.25, 0.3) is 5.57 Å². The van der Waals surface area contributed by atoms with Crippen LogP contribution in [0.3, 0.4) is 0 Å². The molecule has 1 saturated heterocycles. The monoisotopic (exact) mass is 211 g/mol. The van der Waals surface area contributed by atoms with Gasteiger partial charge in [0.2, 0.25) is 0 Å². The molecule has 2 bridgehead atoms. The van der Waals surface area contributed by atoms with Gasteiger partial charge < -0.3 is 10.6 Å². The van der Waals surface area contributed by atoms with Crippen LogP contribution in [0.4, 0.5) is 5.69 Å². The zero-order chi connectivity index (χ0) is 10.5. The maximum atomic E-state index is 4.41. The Morgan fingerprint density at radius 2 is 2.31 bits per heavy atom. The maximum Gasteiger partial charge on any atom is 0.0868 e. The first-order chi connectivity index (χ1) is 7.92. The molecule has 0 aromatic heterocycles. The fourth-order valence-electron chi connectivity index (χ4n) is 2.98. The summed E-state index contributed by atoms with van der Waals surface area (Å²) < 4.78 is 0. The van der Waals surface area contributed by atoms with E-state index in [1.807, 2.05) is 12.4 Å². The van der Waals surface area contributed by atoms with Gasteiger partial charge in [-0.05, 0) is 34.9 Å². The molecule has 16 heavy (non-hydrogen) atoms. The van der Waals surface area contributed by atoms with Crippen LogP contribution in [0.1, 0.15) is 17.9 Å². The number of piperidine rings is 1. The summed E-state index contributed by atoms with van der Waals surface area (Å²) in [6.45, 7) is 2.16. The summed E-state index contributed by atoms with van der Waals surface area (Å²) in [6.07, 6.45) is 4.94. The van der Waals surface area contributed by atoms with Crippen LogP contribution in [0.15, 0.2) is 29.5 Å². The Morgan fingerprint density at radius 1 is 1.31 bits per heavy atom. The molecule has 2 heterocycles. The molecular formula is C13H13N3. The molecule has 0 amide bonds. The van der Waals surface area contributed by atoms with Crippen LogP contribution < -0.4 is 21.2 Å². The quantitative estimate of drug-likeness (QED) is 0.653. The molecule has 1 aliphatic carbocycles. The fourth-order valence-corrected chi connectivity index (χ4v) is 2.98. The molecule has 0 saturated carbocycles. The van der Waals surface area contributed by atoms with E-state index in [1.54, 1.807) is 5.57 Å². The van der Waals surface area contributed by atoms with Crippen LogP contribution >= 0.6 is 0 Å². The third-order valence-corrected chi connectivity index (χ3v) is 3.74. The van der Waals surface area contributed by atoms with Crippen molar-refractivity contribution in [3.63, 3.8) is 0 Å². The minimum atomic E-state index is 0.671. The lowest BCUT2D eigenvalue weighted by Gasteiger charge is -2.18. The number of anilines is 1. The highest BCUT2D eigenvalue weighted by Crippen LogP contribution is 2.29. The highest BCUT2D eigenvalue weighted by Gasteiger charge is 2.27. The lowest BCUT2D eigenvalue weighted by Crippen LogP contribution is -2.26. The second kappa shape index (κ2) is 2.95. The van der Waals surface area contributed by atoms with E-state index in [2.05, 4.69) is 27.8 Å². The van der Waals surface area contributed by atoms with E-state index in [0.717, 1.165) is 24.1 Å². The summed E-state index contributed by atoms with van der Waals surface area (Å²) in [5.41, 5.74) is 4.19. The molecule has 3 heteroatoms. The molecule has 0 spiro atoms. The zero-order valence-corrected chi connectivity index (χ0v) is 8.96. The van der Waals surface area contributed by atoms with Crippen molar-refractivity contribution in [1.29, 1.82) is 0 Å². The molecule has 3 nitrogen and oxygen atoms in total. The Balaban J connectivity index is 2.06. The molecule has 2 N–H and O–H groups in total. The Labute approximate surface area is 93.6 Å². The molecule has 4 rings (SSSR count). The Hall–Kier alpha value is -1.61. The summed E-state index contributed by atoms with van der Waals surface area (Å²) in [7, 11) is 0. The second-order valence-electron chi connectivity index (χ2n) is 4.68.